The van der Waals surface area contributed by atoms with Gasteiger partial charge in [0.25, 0.3) is 0 Å². The molecule has 1 aromatic carbocycles. The Balaban J connectivity index is 2.93. The quantitative estimate of drug-likeness (QED) is 0.286. The average Bonchev–Trinajstić information content (AvgIpc) is 2.57. The second-order valence-corrected chi connectivity index (χ2v) is 5.00. The number of methoxy groups -OCH3 is 1. The lowest BCUT2D eigenvalue weighted by Gasteiger charge is -2.20. The van der Waals surface area contributed by atoms with Gasteiger partial charge in [-0.1, -0.05) is 6.07 Å². The van der Waals surface area contributed by atoms with Crippen molar-refractivity contribution in [2.75, 3.05) is 7.11 Å². The fourth-order valence-electron chi connectivity index (χ4n) is 1.93. The molecule has 0 aromatic heterocycles. The molecule has 10 heteroatoms. The third-order valence-electron chi connectivity index (χ3n) is 3.16. The van der Waals surface area contributed by atoms with Gasteiger partial charge in [-0.15, -0.1) is 0 Å². The number of hydrogen-bond donors (Lipinski definition) is 4. The zero-order valence-electron chi connectivity index (χ0n) is 13.5. The van der Waals surface area contributed by atoms with E-state index in [4.69, 9.17) is 10.2 Å². The van der Waals surface area contributed by atoms with E-state index in [0.717, 1.165) is 25.3 Å². The van der Waals surface area contributed by atoms with Gasteiger partial charge in [-0.05, 0) is 23.8 Å². The lowest BCUT2D eigenvalue weighted by Crippen LogP contribution is -2.40. The predicted molar refractivity (Wildman–Crippen MR) is 84.1 cm³/mol. The van der Waals surface area contributed by atoms with Gasteiger partial charge in [0, 0.05) is 6.08 Å². The number of benzene rings is 1. The van der Waals surface area contributed by atoms with E-state index in [-0.39, 0.29) is 5.75 Å². The molecule has 0 bridgehead atoms. The first-order valence-corrected chi connectivity index (χ1v) is 7.08. The van der Waals surface area contributed by atoms with Crippen LogP contribution >= 0.6 is 0 Å². The minimum atomic E-state index is -2.07. The molecule has 0 aliphatic heterocycles. The van der Waals surface area contributed by atoms with Gasteiger partial charge in [0.2, 0.25) is 6.10 Å². The highest BCUT2D eigenvalue weighted by molar-refractivity contribution is 5.91. The molecular formula is C16H16O10. The van der Waals surface area contributed by atoms with Crippen LogP contribution in [0, 0.1) is 5.92 Å². The Bertz CT molecular complexity index is 737. The standard InChI is InChI=1S/C16H16O10/c1-25-16(24)9(7-12(19)20)14(15(22)23)26-13(21)5-3-8-2-4-10(17)11(18)6-8/h2-6,9,14,17-18H,7H2,1H3,(H,19,20)(H,22,23)/b5-3+/t9-,14-/m1/s1. The molecule has 0 aliphatic carbocycles. The number of ether oxygens (including phenoxy) is 2. The maximum absolute atomic E-state index is 11.8. The smallest absolute Gasteiger partial charge is 0.345 e. The zero-order valence-corrected chi connectivity index (χ0v) is 13.5. The number of carboxylic acids is 2. The highest BCUT2D eigenvalue weighted by atomic mass is 16.6. The molecule has 0 saturated carbocycles. The summed E-state index contributed by atoms with van der Waals surface area (Å²) in [4.78, 5) is 45.5. The van der Waals surface area contributed by atoms with Crippen LogP contribution in [0.25, 0.3) is 6.08 Å². The van der Waals surface area contributed by atoms with Crippen molar-refractivity contribution in [3.63, 3.8) is 0 Å². The van der Waals surface area contributed by atoms with Crippen molar-refractivity contribution in [2.24, 2.45) is 5.92 Å². The number of hydrogen-bond acceptors (Lipinski definition) is 8. The number of carbonyl (C=O) groups excluding carboxylic acids is 2. The van der Waals surface area contributed by atoms with Crippen molar-refractivity contribution in [3.8, 4) is 11.5 Å². The van der Waals surface area contributed by atoms with Crippen molar-refractivity contribution in [2.45, 2.75) is 12.5 Å². The van der Waals surface area contributed by atoms with Crippen LogP contribution < -0.4 is 0 Å². The minimum absolute atomic E-state index is 0.291. The maximum Gasteiger partial charge on any atom is 0.345 e. The van der Waals surface area contributed by atoms with E-state index in [2.05, 4.69) is 9.47 Å². The first-order valence-electron chi connectivity index (χ1n) is 7.08. The lowest BCUT2D eigenvalue weighted by atomic mass is 9.98. The summed E-state index contributed by atoms with van der Waals surface area (Å²) in [6.45, 7) is 0. The van der Waals surface area contributed by atoms with E-state index < -0.39 is 48.1 Å². The number of aliphatic carboxylic acids is 2. The van der Waals surface area contributed by atoms with Crippen LogP contribution in [0.5, 0.6) is 11.5 Å². The van der Waals surface area contributed by atoms with Crippen LogP contribution in [0.2, 0.25) is 0 Å². The Morgan fingerprint density at radius 1 is 1.12 bits per heavy atom. The second-order valence-electron chi connectivity index (χ2n) is 5.00. The summed E-state index contributed by atoms with van der Waals surface area (Å²) >= 11 is 0. The Hall–Kier alpha value is -3.56. The van der Waals surface area contributed by atoms with Crippen molar-refractivity contribution in [3.05, 3.63) is 29.8 Å². The van der Waals surface area contributed by atoms with E-state index in [0.29, 0.717) is 5.56 Å². The highest BCUT2D eigenvalue weighted by Gasteiger charge is 2.39. The molecule has 0 saturated heterocycles. The van der Waals surface area contributed by atoms with Crippen LogP contribution in [0.1, 0.15) is 12.0 Å². The van der Waals surface area contributed by atoms with Gasteiger partial charge >= 0.3 is 23.9 Å². The molecule has 4 N–H and O–H groups in total. The van der Waals surface area contributed by atoms with Gasteiger partial charge in [-0.2, -0.15) is 0 Å². The molecule has 2 atom stereocenters. The van der Waals surface area contributed by atoms with E-state index in [1.54, 1.807) is 0 Å². The molecule has 0 spiro atoms. The lowest BCUT2D eigenvalue weighted by molar-refractivity contribution is -0.173. The SMILES string of the molecule is COC(=O)[C@H](CC(=O)O)[C@@H](OC(=O)/C=C/c1ccc(O)c(O)c1)C(=O)O. The van der Waals surface area contributed by atoms with Crippen LogP contribution in [0.15, 0.2) is 24.3 Å². The summed E-state index contributed by atoms with van der Waals surface area (Å²) in [6.07, 6.45) is -1.00. The van der Waals surface area contributed by atoms with Gasteiger partial charge in [0.15, 0.2) is 11.5 Å². The summed E-state index contributed by atoms with van der Waals surface area (Å²) < 4.78 is 9.03. The van der Waals surface area contributed by atoms with Gasteiger partial charge in [-0.3, -0.25) is 9.59 Å². The van der Waals surface area contributed by atoms with E-state index in [9.17, 15) is 29.4 Å². The topological polar surface area (TPSA) is 168 Å². The minimum Gasteiger partial charge on any atom is -0.504 e. The second kappa shape index (κ2) is 9.06. The summed E-state index contributed by atoms with van der Waals surface area (Å²) in [5.41, 5.74) is 0.291. The van der Waals surface area contributed by atoms with E-state index in [1.807, 2.05) is 0 Å². The van der Waals surface area contributed by atoms with Gasteiger partial charge < -0.3 is 29.9 Å². The molecular weight excluding hydrogens is 352 g/mol. The Kier molecular flexibility index (Phi) is 7.14. The van der Waals surface area contributed by atoms with E-state index in [1.165, 1.54) is 12.1 Å². The molecule has 1 rings (SSSR count). The van der Waals surface area contributed by atoms with Crippen molar-refractivity contribution in [1.82, 2.24) is 0 Å². The summed E-state index contributed by atoms with van der Waals surface area (Å²) in [6, 6.07) is 3.66. The Morgan fingerprint density at radius 2 is 1.77 bits per heavy atom. The van der Waals surface area contributed by atoms with Crippen LogP contribution in [0.3, 0.4) is 0 Å². The largest absolute Gasteiger partial charge is 0.504 e. The monoisotopic (exact) mass is 368 g/mol. The van der Waals surface area contributed by atoms with Crippen molar-refractivity contribution in [1.29, 1.82) is 0 Å². The Labute approximate surface area is 146 Å². The highest BCUT2D eigenvalue weighted by Crippen LogP contribution is 2.25. The van der Waals surface area contributed by atoms with Gasteiger partial charge in [-0.25, -0.2) is 9.59 Å². The van der Waals surface area contributed by atoms with Gasteiger partial charge in [0.1, 0.15) is 5.92 Å². The molecule has 0 heterocycles. The molecule has 0 radical (unpaired) electrons. The van der Waals surface area contributed by atoms with Gasteiger partial charge in [0.05, 0.1) is 13.5 Å². The average molecular weight is 368 g/mol. The third kappa shape index (κ3) is 5.82. The normalized spacial score (nSPS) is 13.0. The number of phenolic OH excluding ortho intramolecular Hbond substituents is 2. The van der Waals surface area contributed by atoms with Crippen molar-refractivity contribution >= 4 is 30.0 Å². The molecule has 140 valence electrons. The fraction of sp³-hybridized carbons (Fsp3) is 0.250. The number of phenols is 2. The molecule has 0 amide bonds. The molecule has 26 heavy (non-hydrogen) atoms. The first kappa shape index (κ1) is 20.5. The summed E-state index contributed by atoms with van der Waals surface area (Å²) in [5, 5.41) is 36.5. The predicted octanol–water partition coefficient (Wildman–Crippen LogP) is 0.371. The number of esters is 2. The molecule has 0 fully saturated rings. The molecule has 1 aromatic rings. The van der Waals surface area contributed by atoms with Crippen LogP contribution in [-0.4, -0.2) is 57.5 Å². The third-order valence-corrected chi connectivity index (χ3v) is 3.16. The summed E-state index contributed by atoms with van der Waals surface area (Å²) in [5.74, 6) is -8.04. The number of rotatable bonds is 8. The number of carbonyl (C=O) groups is 4. The summed E-state index contributed by atoms with van der Waals surface area (Å²) in [7, 11) is 0.940. The van der Waals surface area contributed by atoms with Crippen LogP contribution in [0.4, 0.5) is 0 Å². The fourth-order valence-corrected chi connectivity index (χ4v) is 1.93. The number of carboxylic acid groups (broad SMARTS) is 2. The molecule has 10 nitrogen and oxygen atoms in total. The van der Waals surface area contributed by atoms with E-state index >= 15 is 0 Å². The van der Waals surface area contributed by atoms with Crippen LogP contribution in [-0.2, 0) is 28.7 Å². The first-order chi connectivity index (χ1) is 12.1. The molecule has 0 unspecified atom stereocenters. The molecule has 0 aliphatic rings. The zero-order chi connectivity index (χ0) is 19.9. The van der Waals surface area contributed by atoms with Crippen molar-refractivity contribution < 1.29 is 49.1 Å². The number of aromatic hydroxyl groups is 2. The maximum atomic E-state index is 11.8. The Morgan fingerprint density at radius 3 is 2.27 bits per heavy atom.